The molecule has 14 heavy (non-hydrogen) atoms. The van der Waals surface area contributed by atoms with Crippen LogP contribution in [-0.4, -0.2) is 10.7 Å². The number of nitrogens with zero attached hydrogens (tertiary/aromatic N) is 1. The first-order chi connectivity index (χ1) is 6.72. The molecule has 3 heteroatoms. The summed E-state index contributed by atoms with van der Waals surface area (Å²) in [7, 11) is 0. The molecule has 1 fully saturated rings. The summed E-state index contributed by atoms with van der Waals surface area (Å²) < 4.78 is 0. The van der Waals surface area contributed by atoms with Crippen molar-refractivity contribution in [3.05, 3.63) is 17.5 Å². The molecule has 2 rings (SSSR count). The fourth-order valence-electron chi connectivity index (χ4n) is 1.54. The molecule has 1 aliphatic carbocycles. The fourth-order valence-corrected chi connectivity index (χ4v) is 2.42. The minimum absolute atomic E-state index is 0.711. The number of hydrogen-bond acceptors (Lipinski definition) is 3. The second-order valence-corrected chi connectivity index (χ2v) is 5.06. The molecule has 1 aromatic heterocycles. The van der Waals surface area contributed by atoms with E-state index in [1.54, 1.807) is 0 Å². The van der Waals surface area contributed by atoms with Crippen LogP contribution in [0.2, 0.25) is 0 Å². The molecule has 0 spiro atoms. The van der Waals surface area contributed by atoms with Crippen molar-refractivity contribution in [2.24, 2.45) is 0 Å². The third-order valence-corrected chi connectivity index (χ3v) is 3.44. The largest absolute Gasteiger partial charge is 0.397 e. The molecule has 0 atom stereocenters. The van der Waals surface area contributed by atoms with Crippen molar-refractivity contribution >= 4 is 17.4 Å². The molecule has 1 aromatic rings. The van der Waals surface area contributed by atoms with Crippen LogP contribution in [0.25, 0.3) is 0 Å². The van der Waals surface area contributed by atoms with E-state index in [0.29, 0.717) is 5.92 Å². The second-order valence-electron chi connectivity index (χ2n) is 3.75. The van der Waals surface area contributed by atoms with Gasteiger partial charge in [0.05, 0.1) is 17.1 Å². The van der Waals surface area contributed by atoms with Gasteiger partial charge in [0.15, 0.2) is 0 Å². The maximum Gasteiger partial charge on any atom is 0.0605 e. The molecule has 76 valence electrons. The zero-order valence-corrected chi connectivity index (χ0v) is 9.53. The Balaban J connectivity index is 2.38. The standard InChI is InChI=1S/C11H16N2S/c1-3-14-10-6-9(12)7(2)13-11(10)8-4-5-8/h6,8H,3-5,12H2,1-2H3. The number of pyridine rings is 1. The van der Waals surface area contributed by atoms with Gasteiger partial charge in [-0.3, -0.25) is 4.98 Å². The Labute approximate surface area is 89.3 Å². The van der Waals surface area contributed by atoms with E-state index in [1.807, 2.05) is 18.7 Å². The van der Waals surface area contributed by atoms with Gasteiger partial charge in [-0.05, 0) is 31.6 Å². The van der Waals surface area contributed by atoms with E-state index >= 15 is 0 Å². The Morgan fingerprint density at radius 2 is 2.29 bits per heavy atom. The van der Waals surface area contributed by atoms with Gasteiger partial charge in [-0.25, -0.2) is 0 Å². The highest BCUT2D eigenvalue weighted by molar-refractivity contribution is 7.99. The highest BCUT2D eigenvalue weighted by Crippen LogP contribution is 2.43. The lowest BCUT2D eigenvalue weighted by Crippen LogP contribution is -1.99. The van der Waals surface area contributed by atoms with E-state index in [0.717, 1.165) is 17.1 Å². The first kappa shape index (κ1) is 9.84. The molecule has 1 aliphatic rings. The highest BCUT2D eigenvalue weighted by Gasteiger charge is 2.28. The fraction of sp³-hybridized carbons (Fsp3) is 0.545. The van der Waals surface area contributed by atoms with Crippen molar-refractivity contribution in [2.75, 3.05) is 11.5 Å². The Morgan fingerprint density at radius 1 is 1.57 bits per heavy atom. The third kappa shape index (κ3) is 1.87. The molecular formula is C11H16N2S. The number of aryl methyl sites for hydroxylation is 1. The zero-order valence-electron chi connectivity index (χ0n) is 8.71. The Hall–Kier alpha value is -0.700. The van der Waals surface area contributed by atoms with Gasteiger partial charge in [-0.1, -0.05) is 6.92 Å². The van der Waals surface area contributed by atoms with Crippen molar-refractivity contribution in [3.8, 4) is 0 Å². The van der Waals surface area contributed by atoms with Gasteiger partial charge >= 0.3 is 0 Å². The van der Waals surface area contributed by atoms with Crippen LogP contribution in [0.4, 0.5) is 5.69 Å². The summed E-state index contributed by atoms with van der Waals surface area (Å²) in [4.78, 5) is 5.90. The number of rotatable bonds is 3. The maximum absolute atomic E-state index is 5.86. The molecule has 1 heterocycles. The molecule has 0 radical (unpaired) electrons. The van der Waals surface area contributed by atoms with E-state index in [2.05, 4.69) is 18.0 Å². The molecule has 1 saturated carbocycles. The van der Waals surface area contributed by atoms with Crippen molar-refractivity contribution in [1.29, 1.82) is 0 Å². The molecule has 0 bridgehead atoms. The Kier molecular flexibility index (Phi) is 2.68. The SMILES string of the molecule is CCSc1cc(N)c(C)nc1C1CC1. The lowest BCUT2D eigenvalue weighted by Gasteiger charge is -2.09. The Bertz CT molecular complexity index is 345. The van der Waals surface area contributed by atoms with Crippen LogP contribution in [-0.2, 0) is 0 Å². The number of hydrogen-bond donors (Lipinski definition) is 1. The van der Waals surface area contributed by atoms with Crippen molar-refractivity contribution in [1.82, 2.24) is 4.98 Å². The van der Waals surface area contributed by atoms with Crippen LogP contribution in [0.15, 0.2) is 11.0 Å². The molecule has 0 aromatic carbocycles. The number of aromatic nitrogens is 1. The molecule has 0 aliphatic heterocycles. The Morgan fingerprint density at radius 3 is 2.86 bits per heavy atom. The predicted molar refractivity (Wildman–Crippen MR) is 61.8 cm³/mol. The van der Waals surface area contributed by atoms with E-state index in [9.17, 15) is 0 Å². The third-order valence-electron chi connectivity index (χ3n) is 2.51. The lowest BCUT2D eigenvalue weighted by molar-refractivity contribution is 0.946. The summed E-state index contributed by atoms with van der Waals surface area (Å²) in [6, 6.07) is 2.09. The van der Waals surface area contributed by atoms with Crippen LogP contribution in [0.3, 0.4) is 0 Å². The van der Waals surface area contributed by atoms with Gasteiger partial charge in [0.2, 0.25) is 0 Å². The average Bonchev–Trinajstić information content (AvgIpc) is 2.94. The highest BCUT2D eigenvalue weighted by atomic mass is 32.2. The molecule has 0 saturated heterocycles. The van der Waals surface area contributed by atoms with E-state index in [1.165, 1.54) is 23.4 Å². The molecule has 2 nitrogen and oxygen atoms in total. The van der Waals surface area contributed by atoms with Crippen LogP contribution in [0.5, 0.6) is 0 Å². The van der Waals surface area contributed by atoms with Gasteiger partial charge in [0, 0.05) is 10.8 Å². The number of nitrogens with two attached hydrogens (primary N) is 1. The summed E-state index contributed by atoms with van der Waals surface area (Å²) in [6.07, 6.45) is 2.60. The lowest BCUT2D eigenvalue weighted by atomic mass is 10.2. The van der Waals surface area contributed by atoms with Crippen molar-refractivity contribution in [2.45, 2.75) is 37.5 Å². The minimum Gasteiger partial charge on any atom is -0.397 e. The van der Waals surface area contributed by atoms with E-state index < -0.39 is 0 Å². The van der Waals surface area contributed by atoms with E-state index in [-0.39, 0.29) is 0 Å². The predicted octanol–water partition coefficient (Wildman–Crippen LogP) is 2.96. The average molecular weight is 208 g/mol. The number of thioether (sulfide) groups is 1. The van der Waals surface area contributed by atoms with Crippen LogP contribution >= 0.6 is 11.8 Å². The maximum atomic E-state index is 5.86. The van der Waals surface area contributed by atoms with Crippen molar-refractivity contribution in [3.63, 3.8) is 0 Å². The normalized spacial score (nSPS) is 15.9. The van der Waals surface area contributed by atoms with E-state index in [4.69, 9.17) is 5.73 Å². The first-order valence-corrected chi connectivity index (χ1v) is 6.10. The van der Waals surface area contributed by atoms with Crippen LogP contribution in [0.1, 0.15) is 37.1 Å². The van der Waals surface area contributed by atoms with Gasteiger partial charge in [0.1, 0.15) is 0 Å². The molecule has 2 N–H and O–H groups in total. The monoisotopic (exact) mass is 208 g/mol. The zero-order chi connectivity index (χ0) is 10.1. The first-order valence-electron chi connectivity index (χ1n) is 5.12. The smallest absolute Gasteiger partial charge is 0.0605 e. The topological polar surface area (TPSA) is 38.9 Å². The summed E-state index contributed by atoms with van der Waals surface area (Å²) in [6.45, 7) is 4.15. The quantitative estimate of drug-likeness (QED) is 0.776. The minimum atomic E-state index is 0.711. The molecule has 0 amide bonds. The summed E-state index contributed by atoms with van der Waals surface area (Å²) in [5.41, 5.74) is 8.95. The van der Waals surface area contributed by atoms with Gasteiger partial charge < -0.3 is 5.73 Å². The number of nitrogen functional groups attached to an aromatic ring is 1. The van der Waals surface area contributed by atoms with Gasteiger partial charge in [-0.15, -0.1) is 11.8 Å². The van der Waals surface area contributed by atoms with Crippen molar-refractivity contribution < 1.29 is 0 Å². The summed E-state index contributed by atoms with van der Waals surface area (Å²) in [5.74, 6) is 1.80. The van der Waals surface area contributed by atoms with Gasteiger partial charge in [-0.2, -0.15) is 0 Å². The van der Waals surface area contributed by atoms with Crippen LogP contribution < -0.4 is 5.73 Å². The molecule has 0 unspecified atom stereocenters. The van der Waals surface area contributed by atoms with Gasteiger partial charge in [0.25, 0.3) is 0 Å². The molecular weight excluding hydrogens is 192 g/mol. The summed E-state index contributed by atoms with van der Waals surface area (Å²) >= 11 is 1.85. The number of anilines is 1. The van der Waals surface area contributed by atoms with Crippen LogP contribution in [0, 0.1) is 6.92 Å². The second kappa shape index (κ2) is 3.81. The summed E-state index contributed by atoms with van der Waals surface area (Å²) in [5, 5.41) is 0.